The van der Waals surface area contributed by atoms with Gasteiger partial charge < -0.3 is 4.74 Å². The number of halogens is 1. The number of ether oxygens (including phenoxy) is 1. The molecule has 0 amide bonds. The van der Waals surface area contributed by atoms with Gasteiger partial charge in [-0.25, -0.2) is 0 Å². The van der Waals surface area contributed by atoms with Crippen molar-refractivity contribution in [1.82, 2.24) is 15.2 Å². The summed E-state index contributed by atoms with van der Waals surface area (Å²) in [7, 11) is 0. The van der Waals surface area contributed by atoms with Crippen molar-refractivity contribution in [3.8, 4) is 0 Å². The van der Waals surface area contributed by atoms with E-state index in [0.717, 1.165) is 49.2 Å². The van der Waals surface area contributed by atoms with E-state index in [9.17, 15) is 0 Å². The SMILES string of the molecule is CCCn1ncc(Br)c1C(NN)C1CCCOC1. The zero-order valence-electron chi connectivity index (χ0n) is 10.7. The highest BCUT2D eigenvalue weighted by molar-refractivity contribution is 9.10. The minimum Gasteiger partial charge on any atom is -0.381 e. The Morgan fingerprint density at radius 3 is 3.17 bits per heavy atom. The smallest absolute Gasteiger partial charge is 0.0712 e. The third-order valence-corrected chi connectivity index (χ3v) is 4.02. The Kier molecular flexibility index (Phi) is 5.17. The third kappa shape index (κ3) is 2.93. The molecule has 0 bridgehead atoms. The molecule has 1 aromatic heterocycles. The van der Waals surface area contributed by atoms with Crippen LogP contribution in [0, 0.1) is 5.92 Å². The van der Waals surface area contributed by atoms with Crippen LogP contribution < -0.4 is 11.3 Å². The first-order valence-electron chi connectivity index (χ1n) is 6.53. The van der Waals surface area contributed by atoms with E-state index < -0.39 is 0 Å². The van der Waals surface area contributed by atoms with Crippen molar-refractivity contribution < 1.29 is 4.74 Å². The van der Waals surface area contributed by atoms with E-state index in [-0.39, 0.29) is 6.04 Å². The number of aromatic nitrogens is 2. The lowest BCUT2D eigenvalue weighted by Gasteiger charge is -2.30. The maximum absolute atomic E-state index is 5.76. The van der Waals surface area contributed by atoms with Crippen molar-refractivity contribution in [2.45, 2.75) is 38.8 Å². The maximum atomic E-state index is 5.76. The topological polar surface area (TPSA) is 65.1 Å². The molecular weight excluding hydrogens is 296 g/mol. The predicted octanol–water partition coefficient (Wildman–Crippen LogP) is 1.99. The average molecular weight is 317 g/mol. The van der Waals surface area contributed by atoms with Crippen LogP contribution in [0.25, 0.3) is 0 Å². The zero-order valence-corrected chi connectivity index (χ0v) is 12.3. The van der Waals surface area contributed by atoms with Crippen molar-refractivity contribution in [1.29, 1.82) is 0 Å². The average Bonchev–Trinajstić information content (AvgIpc) is 2.75. The fraction of sp³-hybridized carbons (Fsp3) is 0.750. The second kappa shape index (κ2) is 6.65. The quantitative estimate of drug-likeness (QED) is 0.644. The molecule has 2 unspecified atom stereocenters. The standard InChI is InChI=1S/C12H21BrN4O/c1-2-5-17-12(10(13)7-15-17)11(16-14)9-4-3-6-18-8-9/h7,9,11,16H,2-6,8,14H2,1H3. The van der Waals surface area contributed by atoms with E-state index in [0.29, 0.717) is 5.92 Å². The van der Waals surface area contributed by atoms with Crippen LogP contribution in [0.2, 0.25) is 0 Å². The lowest BCUT2D eigenvalue weighted by molar-refractivity contribution is 0.0375. The van der Waals surface area contributed by atoms with Gasteiger partial charge in [0.25, 0.3) is 0 Å². The molecule has 0 aromatic carbocycles. The Morgan fingerprint density at radius 2 is 2.56 bits per heavy atom. The number of nitrogens with one attached hydrogen (secondary N) is 1. The Labute approximate surface area is 116 Å². The lowest BCUT2D eigenvalue weighted by Crippen LogP contribution is -2.38. The van der Waals surface area contributed by atoms with Gasteiger partial charge >= 0.3 is 0 Å². The number of hydrogen-bond donors (Lipinski definition) is 2. The van der Waals surface area contributed by atoms with Crippen LogP contribution in [0.1, 0.15) is 37.9 Å². The molecule has 1 aliphatic heterocycles. The molecule has 5 nitrogen and oxygen atoms in total. The van der Waals surface area contributed by atoms with Gasteiger partial charge in [-0.1, -0.05) is 6.92 Å². The van der Waals surface area contributed by atoms with Gasteiger partial charge in [0.2, 0.25) is 0 Å². The Balaban J connectivity index is 2.22. The van der Waals surface area contributed by atoms with Crippen molar-refractivity contribution in [3.63, 3.8) is 0 Å². The van der Waals surface area contributed by atoms with Crippen molar-refractivity contribution in [2.75, 3.05) is 13.2 Å². The van der Waals surface area contributed by atoms with E-state index in [4.69, 9.17) is 10.6 Å². The summed E-state index contributed by atoms with van der Waals surface area (Å²) < 4.78 is 8.61. The first-order chi connectivity index (χ1) is 8.77. The van der Waals surface area contributed by atoms with Crippen LogP contribution >= 0.6 is 15.9 Å². The molecular formula is C12H21BrN4O. The van der Waals surface area contributed by atoms with E-state index in [1.54, 1.807) is 0 Å². The van der Waals surface area contributed by atoms with Gasteiger partial charge in [0.05, 0.1) is 29.0 Å². The van der Waals surface area contributed by atoms with Crippen LogP contribution in [0.5, 0.6) is 0 Å². The Bertz CT molecular complexity index is 376. The number of hydrogen-bond acceptors (Lipinski definition) is 4. The monoisotopic (exact) mass is 316 g/mol. The summed E-state index contributed by atoms with van der Waals surface area (Å²) in [5.41, 5.74) is 4.08. The molecule has 0 radical (unpaired) electrons. The van der Waals surface area contributed by atoms with Crippen LogP contribution in [0.3, 0.4) is 0 Å². The molecule has 6 heteroatoms. The highest BCUT2D eigenvalue weighted by Gasteiger charge is 2.29. The van der Waals surface area contributed by atoms with Crippen LogP contribution in [0.15, 0.2) is 10.7 Å². The van der Waals surface area contributed by atoms with Gasteiger partial charge in [0.15, 0.2) is 0 Å². The van der Waals surface area contributed by atoms with Crippen LogP contribution in [-0.2, 0) is 11.3 Å². The number of rotatable bonds is 5. The van der Waals surface area contributed by atoms with Crippen molar-refractivity contribution >= 4 is 15.9 Å². The first kappa shape index (κ1) is 14.0. The molecule has 1 aliphatic rings. The molecule has 0 saturated carbocycles. The second-order valence-corrected chi connectivity index (χ2v) is 5.58. The number of aryl methyl sites for hydroxylation is 1. The molecule has 1 aromatic rings. The summed E-state index contributed by atoms with van der Waals surface area (Å²) in [6, 6.07) is 0.0914. The van der Waals surface area contributed by atoms with E-state index >= 15 is 0 Å². The molecule has 0 spiro atoms. The molecule has 2 rings (SSSR count). The van der Waals surface area contributed by atoms with Gasteiger partial charge in [-0.15, -0.1) is 0 Å². The Hall–Kier alpha value is -0.430. The number of nitrogens with two attached hydrogens (primary N) is 1. The summed E-state index contributed by atoms with van der Waals surface area (Å²) in [6.45, 7) is 4.68. The molecule has 3 N–H and O–H groups in total. The van der Waals surface area contributed by atoms with Gasteiger partial charge in [-0.3, -0.25) is 16.0 Å². The minimum absolute atomic E-state index is 0.0914. The maximum Gasteiger partial charge on any atom is 0.0712 e. The predicted molar refractivity (Wildman–Crippen MR) is 73.8 cm³/mol. The lowest BCUT2D eigenvalue weighted by atomic mass is 9.92. The van der Waals surface area contributed by atoms with Gasteiger partial charge in [0, 0.05) is 19.1 Å². The van der Waals surface area contributed by atoms with Crippen molar-refractivity contribution in [2.24, 2.45) is 11.8 Å². The number of hydrazine groups is 1. The molecule has 1 fully saturated rings. The Morgan fingerprint density at radius 1 is 1.72 bits per heavy atom. The largest absolute Gasteiger partial charge is 0.381 e. The second-order valence-electron chi connectivity index (χ2n) is 4.72. The van der Waals surface area contributed by atoms with E-state index in [2.05, 4.69) is 33.4 Å². The van der Waals surface area contributed by atoms with Crippen LogP contribution in [-0.4, -0.2) is 23.0 Å². The fourth-order valence-electron chi connectivity index (χ4n) is 2.54. The molecule has 18 heavy (non-hydrogen) atoms. The van der Waals surface area contributed by atoms with Gasteiger partial charge in [0.1, 0.15) is 0 Å². The highest BCUT2D eigenvalue weighted by Crippen LogP contribution is 2.32. The molecule has 0 aliphatic carbocycles. The molecule has 2 heterocycles. The summed E-state index contributed by atoms with van der Waals surface area (Å²) in [5.74, 6) is 6.17. The summed E-state index contributed by atoms with van der Waals surface area (Å²) in [5, 5.41) is 4.40. The zero-order chi connectivity index (χ0) is 13.0. The number of nitrogens with zero attached hydrogens (tertiary/aromatic N) is 2. The molecule has 2 atom stereocenters. The summed E-state index contributed by atoms with van der Waals surface area (Å²) >= 11 is 3.58. The van der Waals surface area contributed by atoms with Gasteiger partial charge in [-0.05, 0) is 35.2 Å². The van der Waals surface area contributed by atoms with E-state index in [1.165, 1.54) is 0 Å². The van der Waals surface area contributed by atoms with Crippen molar-refractivity contribution in [3.05, 3.63) is 16.4 Å². The fourth-order valence-corrected chi connectivity index (χ4v) is 3.08. The normalized spacial score (nSPS) is 22.1. The molecule has 1 saturated heterocycles. The molecule has 102 valence electrons. The first-order valence-corrected chi connectivity index (χ1v) is 7.32. The minimum atomic E-state index is 0.0914. The van der Waals surface area contributed by atoms with E-state index in [1.807, 2.05) is 10.9 Å². The highest BCUT2D eigenvalue weighted by atomic mass is 79.9. The van der Waals surface area contributed by atoms with Gasteiger partial charge in [-0.2, -0.15) is 5.10 Å². The summed E-state index contributed by atoms with van der Waals surface area (Å²) in [6.07, 6.45) is 5.14. The summed E-state index contributed by atoms with van der Waals surface area (Å²) in [4.78, 5) is 0. The van der Waals surface area contributed by atoms with Crippen LogP contribution in [0.4, 0.5) is 0 Å². The third-order valence-electron chi connectivity index (χ3n) is 3.41.